The Hall–Kier alpha value is -0.780. The maximum absolute atomic E-state index is 12.5. The van der Waals surface area contributed by atoms with Crippen LogP contribution in [0.25, 0.3) is 0 Å². The molecule has 0 spiro atoms. The van der Waals surface area contributed by atoms with Crippen molar-refractivity contribution in [1.82, 2.24) is 4.90 Å². The van der Waals surface area contributed by atoms with Crippen LogP contribution in [-0.2, 0) is 4.79 Å². The summed E-state index contributed by atoms with van der Waals surface area (Å²) >= 11 is 0. The predicted octanol–water partition coefficient (Wildman–Crippen LogP) is 2.98. The number of carbonyl (C=O) groups is 1. The zero-order chi connectivity index (χ0) is 15.5. The van der Waals surface area contributed by atoms with Crippen LogP contribution in [0.2, 0.25) is 0 Å². The first-order valence-corrected chi connectivity index (χ1v) is 7.87. The van der Waals surface area contributed by atoms with Crippen LogP contribution in [0, 0.1) is 17.8 Å². The molecule has 3 nitrogen and oxygen atoms in total. The van der Waals surface area contributed by atoms with E-state index in [0.717, 1.165) is 24.2 Å². The Labute approximate surface area is 123 Å². The summed E-state index contributed by atoms with van der Waals surface area (Å²) in [4.78, 5) is 13.1. The molecule has 2 aliphatic rings. The number of alkyl halides is 3. The van der Waals surface area contributed by atoms with E-state index in [1.54, 1.807) is 0 Å². The maximum Gasteiger partial charge on any atom is 0.406 e. The summed E-state index contributed by atoms with van der Waals surface area (Å²) < 4.78 is 37.6. The number of amides is 1. The molecule has 0 heterocycles. The number of aliphatic hydroxyl groups is 1. The van der Waals surface area contributed by atoms with Crippen LogP contribution in [0.4, 0.5) is 13.2 Å². The first-order valence-electron chi connectivity index (χ1n) is 7.87. The van der Waals surface area contributed by atoms with Crippen molar-refractivity contribution in [3.63, 3.8) is 0 Å². The minimum Gasteiger partial charge on any atom is -0.395 e. The van der Waals surface area contributed by atoms with Crippen LogP contribution in [-0.4, -0.2) is 41.8 Å². The molecule has 2 rings (SSSR count). The second-order valence-corrected chi connectivity index (χ2v) is 6.41. The van der Waals surface area contributed by atoms with Gasteiger partial charge in [-0.15, -0.1) is 0 Å². The maximum atomic E-state index is 12.5. The lowest BCUT2D eigenvalue weighted by atomic mass is 9.67. The van der Waals surface area contributed by atoms with Gasteiger partial charge in [0.25, 0.3) is 0 Å². The number of rotatable bonds is 4. The number of aliphatic hydroxyl groups excluding tert-OH is 1. The molecule has 122 valence electrons. The summed E-state index contributed by atoms with van der Waals surface area (Å²) in [7, 11) is 0. The normalized spacial score (nSPS) is 29.8. The van der Waals surface area contributed by atoms with E-state index in [4.69, 9.17) is 5.11 Å². The van der Waals surface area contributed by atoms with Crippen molar-refractivity contribution in [2.45, 2.75) is 51.1 Å². The van der Waals surface area contributed by atoms with Crippen molar-refractivity contribution in [3.05, 3.63) is 0 Å². The average molecular weight is 307 g/mol. The van der Waals surface area contributed by atoms with Crippen molar-refractivity contribution in [2.24, 2.45) is 17.8 Å². The van der Waals surface area contributed by atoms with Gasteiger partial charge in [-0.05, 0) is 31.1 Å². The lowest BCUT2D eigenvalue weighted by molar-refractivity contribution is -0.166. The summed E-state index contributed by atoms with van der Waals surface area (Å²) in [6.45, 7) is -1.92. The van der Waals surface area contributed by atoms with Crippen LogP contribution in [0.1, 0.15) is 44.9 Å². The highest BCUT2D eigenvalue weighted by molar-refractivity contribution is 5.79. The molecular formula is C15H24F3NO2. The van der Waals surface area contributed by atoms with E-state index in [1.807, 2.05) is 0 Å². The van der Waals surface area contributed by atoms with E-state index in [9.17, 15) is 18.0 Å². The topological polar surface area (TPSA) is 40.5 Å². The van der Waals surface area contributed by atoms with Gasteiger partial charge >= 0.3 is 6.18 Å². The zero-order valence-corrected chi connectivity index (χ0v) is 12.2. The molecule has 21 heavy (non-hydrogen) atoms. The number of fused-ring (bicyclic) bond motifs is 1. The van der Waals surface area contributed by atoms with Gasteiger partial charge in [0.05, 0.1) is 6.61 Å². The van der Waals surface area contributed by atoms with Gasteiger partial charge in [-0.25, -0.2) is 0 Å². The Bertz CT molecular complexity index is 359. The Morgan fingerprint density at radius 1 is 1.10 bits per heavy atom. The molecular weight excluding hydrogens is 283 g/mol. The lowest BCUT2D eigenvalue weighted by Crippen LogP contribution is -2.45. The van der Waals surface area contributed by atoms with Gasteiger partial charge in [0.2, 0.25) is 5.91 Å². The monoisotopic (exact) mass is 307 g/mol. The second kappa shape index (κ2) is 6.99. The molecule has 0 aromatic rings. The second-order valence-electron chi connectivity index (χ2n) is 6.41. The molecule has 2 saturated carbocycles. The standard InChI is InChI=1S/C15H24F3NO2/c16-15(17,18)10-19(7-8-20)14(21)13-6-5-11-3-1-2-4-12(11)9-13/h11-13,20H,1-10H2. The van der Waals surface area contributed by atoms with Gasteiger partial charge in [0.1, 0.15) is 6.54 Å². The van der Waals surface area contributed by atoms with Crippen molar-refractivity contribution in [2.75, 3.05) is 19.7 Å². The molecule has 1 amide bonds. The third kappa shape index (κ3) is 4.59. The molecule has 0 aromatic carbocycles. The van der Waals surface area contributed by atoms with Crippen LogP contribution in [0.15, 0.2) is 0 Å². The largest absolute Gasteiger partial charge is 0.406 e. The Morgan fingerprint density at radius 2 is 1.76 bits per heavy atom. The summed E-state index contributed by atoms with van der Waals surface area (Å²) in [6.07, 6.45) is 2.69. The van der Waals surface area contributed by atoms with Gasteiger partial charge < -0.3 is 10.0 Å². The summed E-state index contributed by atoms with van der Waals surface area (Å²) in [5, 5.41) is 8.91. The highest BCUT2D eigenvalue weighted by Crippen LogP contribution is 2.43. The van der Waals surface area contributed by atoms with Gasteiger partial charge in [0.15, 0.2) is 0 Å². The predicted molar refractivity (Wildman–Crippen MR) is 72.5 cm³/mol. The molecule has 0 saturated heterocycles. The molecule has 2 fully saturated rings. The number of hydrogen-bond acceptors (Lipinski definition) is 2. The smallest absolute Gasteiger partial charge is 0.395 e. The van der Waals surface area contributed by atoms with Crippen molar-refractivity contribution < 1.29 is 23.1 Å². The van der Waals surface area contributed by atoms with E-state index in [1.165, 1.54) is 19.3 Å². The van der Waals surface area contributed by atoms with E-state index >= 15 is 0 Å². The van der Waals surface area contributed by atoms with Crippen LogP contribution >= 0.6 is 0 Å². The van der Waals surface area contributed by atoms with Crippen LogP contribution in [0.5, 0.6) is 0 Å². The molecule has 3 atom stereocenters. The molecule has 1 N–H and O–H groups in total. The molecule has 0 bridgehead atoms. The fraction of sp³-hybridized carbons (Fsp3) is 0.933. The number of hydrogen-bond donors (Lipinski definition) is 1. The van der Waals surface area contributed by atoms with Crippen molar-refractivity contribution in [1.29, 1.82) is 0 Å². The van der Waals surface area contributed by atoms with Crippen molar-refractivity contribution in [3.8, 4) is 0 Å². The molecule has 2 aliphatic carbocycles. The minimum atomic E-state index is -4.41. The minimum absolute atomic E-state index is 0.233. The first-order chi connectivity index (χ1) is 9.90. The molecule has 0 aliphatic heterocycles. The van der Waals surface area contributed by atoms with Crippen LogP contribution < -0.4 is 0 Å². The quantitative estimate of drug-likeness (QED) is 0.867. The zero-order valence-electron chi connectivity index (χ0n) is 12.2. The SMILES string of the molecule is O=C(C1CCC2CCCCC2C1)N(CCO)CC(F)(F)F. The molecule has 6 heteroatoms. The third-order valence-corrected chi connectivity index (χ3v) is 4.94. The Balaban J connectivity index is 1.96. The number of nitrogens with zero attached hydrogens (tertiary/aromatic N) is 1. The number of carbonyl (C=O) groups excluding carboxylic acids is 1. The van der Waals surface area contributed by atoms with Crippen LogP contribution in [0.3, 0.4) is 0 Å². The first kappa shape index (κ1) is 16.6. The fourth-order valence-electron chi connectivity index (χ4n) is 3.96. The van der Waals surface area contributed by atoms with Gasteiger partial charge in [-0.2, -0.15) is 13.2 Å². The summed E-state index contributed by atoms with van der Waals surface area (Å²) in [6, 6.07) is 0. The number of halogens is 3. The van der Waals surface area contributed by atoms with E-state index in [-0.39, 0.29) is 12.5 Å². The summed E-state index contributed by atoms with van der Waals surface area (Å²) in [5.41, 5.74) is 0. The highest BCUT2D eigenvalue weighted by atomic mass is 19.4. The van der Waals surface area contributed by atoms with E-state index in [2.05, 4.69) is 0 Å². The lowest BCUT2D eigenvalue weighted by Gasteiger charge is -2.40. The van der Waals surface area contributed by atoms with Gasteiger partial charge in [-0.1, -0.05) is 25.7 Å². The van der Waals surface area contributed by atoms with Gasteiger partial charge in [-0.3, -0.25) is 4.79 Å². The Kier molecular flexibility index (Phi) is 5.52. The van der Waals surface area contributed by atoms with E-state index < -0.39 is 25.2 Å². The van der Waals surface area contributed by atoms with Gasteiger partial charge in [0, 0.05) is 12.5 Å². The highest BCUT2D eigenvalue weighted by Gasteiger charge is 2.39. The molecule has 0 radical (unpaired) electrons. The average Bonchev–Trinajstić information content (AvgIpc) is 2.44. The molecule has 3 unspecified atom stereocenters. The fourth-order valence-corrected chi connectivity index (χ4v) is 3.96. The Morgan fingerprint density at radius 3 is 2.38 bits per heavy atom. The summed E-state index contributed by atoms with van der Waals surface area (Å²) in [5.74, 6) is 0.448. The molecule has 0 aromatic heterocycles. The third-order valence-electron chi connectivity index (χ3n) is 4.94. The van der Waals surface area contributed by atoms with E-state index in [0.29, 0.717) is 18.3 Å². The van der Waals surface area contributed by atoms with Crippen molar-refractivity contribution >= 4 is 5.91 Å².